The number of rotatable bonds is 1. The fourth-order valence-corrected chi connectivity index (χ4v) is 3.59. The molecule has 1 aliphatic carbocycles. The molecule has 1 saturated carbocycles. The van der Waals surface area contributed by atoms with Gasteiger partial charge in [-0.3, -0.25) is 4.90 Å². The lowest BCUT2D eigenvalue weighted by Crippen LogP contribution is -2.48. The zero-order valence-corrected chi connectivity index (χ0v) is 12.3. The molecule has 0 radical (unpaired) electrons. The minimum Gasteiger partial charge on any atom is -0.326 e. The Balaban J connectivity index is 1.98. The number of likely N-dealkylation sites (tertiary alicyclic amines) is 1. The molecule has 2 fully saturated rings. The van der Waals surface area contributed by atoms with E-state index in [2.05, 4.69) is 39.5 Å². The van der Waals surface area contributed by atoms with Crippen LogP contribution >= 0.6 is 0 Å². The third-order valence-electron chi connectivity index (χ3n) is 5.31. The number of nitrogens with two attached hydrogens (primary N) is 1. The summed E-state index contributed by atoms with van der Waals surface area (Å²) in [4.78, 5) is 2.68. The van der Waals surface area contributed by atoms with Gasteiger partial charge in [-0.15, -0.1) is 0 Å². The van der Waals surface area contributed by atoms with Crippen molar-refractivity contribution in [1.29, 1.82) is 0 Å². The molecule has 2 rings (SSSR count). The van der Waals surface area contributed by atoms with Crippen LogP contribution in [0.3, 0.4) is 0 Å². The first-order chi connectivity index (χ1) is 7.72. The van der Waals surface area contributed by atoms with Crippen LogP contribution in [0.15, 0.2) is 0 Å². The van der Waals surface area contributed by atoms with Crippen molar-refractivity contribution in [2.24, 2.45) is 22.5 Å². The van der Waals surface area contributed by atoms with Gasteiger partial charge in [-0.2, -0.15) is 0 Å². The average molecular weight is 238 g/mol. The average Bonchev–Trinajstić information content (AvgIpc) is 2.73. The highest BCUT2D eigenvalue weighted by molar-refractivity contribution is 5.01. The van der Waals surface area contributed by atoms with E-state index in [1.807, 2.05) is 0 Å². The van der Waals surface area contributed by atoms with Crippen molar-refractivity contribution in [3.05, 3.63) is 0 Å². The smallest absolute Gasteiger partial charge is 0.0252 e. The van der Waals surface area contributed by atoms with E-state index in [4.69, 9.17) is 5.73 Å². The summed E-state index contributed by atoms with van der Waals surface area (Å²) in [6.07, 6.45) is 3.94. The van der Waals surface area contributed by atoms with Crippen LogP contribution < -0.4 is 5.73 Å². The van der Waals surface area contributed by atoms with Crippen molar-refractivity contribution in [2.75, 3.05) is 13.1 Å². The summed E-state index contributed by atoms with van der Waals surface area (Å²) in [6.45, 7) is 14.3. The van der Waals surface area contributed by atoms with Crippen molar-refractivity contribution in [3.63, 3.8) is 0 Å². The molecule has 2 nitrogen and oxygen atoms in total. The monoisotopic (exact) mass is 238 g/mol. The summed E-state index contributed by atoms with van der Waals surface area (Å²) in [7, 11) is 0. The summed E-state index contributed by atoms with van der Waals surface area (Å²) in [5, 5.41) is 0. The Hall–Kier alpha value is -0.0800. The van der Waals surface area contributed by atoms with Crippen molar-refractivity contribution >= 4 is 0 Å². The molecule has 2 aliphatic rings. The van der Waals surface area contributed by atoms with Crippen LogP contribution in [-0.4, -0.2) is 30.1 Å². The molecule has 0 aromatic carbocycles. The van der Waals surface area contributed by atoms with Gasteiger partial charge in [0, 0.05) is 18.6 Å². The Labute approximate surface area is 107 Å². The second-order valence-corrected chi connectivity index (χ2v) is 7.97. The molecule has 0 amide bonds. The lowest BCUT2D eigenvalue weighted by molar-refractivity contribution is 0.170. The topological polar surface area (TPSA) is 29.3 Å². The molecule has 100 valence electrons. The number of hydrogen-bond acceptors (Lipinski definition) is 2. The second kappa shape index (κ2) is 4.24. The molecule has 1 aliphatic heterocycles. The van der Waals surface area contributed by atoms with Crippen LogP contribution in [0.1, 0.15) is 53.9 Å². The van der Waals surface area contributed by atoms with Gasteiger partial charge in [-0.1, -0.05) is 34.6 Å². The normalized spacial score (nSPS) is 38.8. The largest absolute Gasteiger partial charge is 0.326 e. The molecule has 17 heavy (non-hydrogen) atoms. The third-order valence-corrected chi connectivity index (χ3v) is 5.31. The van der Waals surface area contributed by atoms with Crippen molar-refractivity contribution in [3.8, 4) is 0 Å². The zero-order chi connectivity index (χ0) is 12.8. The first kappa shape index (κ1) is 13.4. The van der Waals surface area contributed by atoms with Crippen LogP contribution in [0.2, 0.25) is 0 Å². The lowest BCUT2D eigenvalue weighted by Gasteiger charge is -2.33. The molecule has 0 spiro atoms. The van der Waals surface area contributed by atoms with Gasteiger partial charge in [0.25, 0.3) is 0 Å². The van der Waals surface area contributed by atoms with Crippen LogP contribution in [0.4, 0.5) is 0 Å². The van der Waals surface area contributed by atoms with Crippen molar-refractivity contribution in [1.82, 2.24) is 4.90 Å². The quantitative estimate of drug-likeness (QED) is 0.761. The van der Waals surface area contributed by atoms with Gasteiger partial charge in [-0.05, 0) is 42.6 Å². The summed E-state index contributed by atoms with van der Waals surface area (Å²) in [6, 6.07) is 0.999. The van der Waals surface area contributed by atoms with E-state index in [9.17, 15) is 0 Å². The van der Waals surface area contributed by atoms with E-state index in [1.54, 1.807) is 0 Å². The predicted molar refractivity (Wildman–Crippen MR) is 73.9 cm³/mol. The zero-order valence-electron chi connectivity index (χ0n) is 12.3. The Bertz CT molecular complexity index is 277. The Morgan fingerprint density at radius 1 is 1.18 bits per heavy atom. The van der Waals surface area contributed by atoms with Crippen LogP contribution in [0.25, 0.3) is 0 Å². The van der Waals surface area contributed by atoms with Crippen LogP contribution in [0.5, 0.6) is 0 Å². The van der Waals surface area contributed by atoms with Gasteiger partial charge in [0.05, 0.1) is 0 Å². The molecular weight excluding hydrogens is 208 g/mol. The molecule has 0 aromatic rings. The van der Waals surface area contributed by atoms with E-state index in [0.717, 1.165) is 5.92 Å². The molecule has 2 N–H and O–H groups in total. The fourth-order valence-electron chi connectivity index (χ4n) is 3.59. The highest BCUT2D eigenvalue weighted by Gasteiger charge is 2.44. The number of nitrogens with zero attached hydrogens (tertiary/aromatic N) is 1. The molecule has 3 unspecified atom stereocenters. The Kier molecular flexibility index (Phi) is 3.33. The SMILES string of the molecule is CC(C)(C)C1CCN(C2CCC(C)(C)C2N)C1. The molecule has 1 saturated heterocycles. The summed E-state index contributed by atoms with van der Waals surface area (Å²) in [5.41, 5.74) is 7.24. The predicted octanol–water partition coefficient (Wildman–Crippen LogP) is 2.87. The van der Waals surface area contributed by atoms with E-state index in [1.165, 1.54) is 32.4 Å². The summed E-state index contributed by atoms with van der Waals surface area (Å²) >= 11 is 0. The van der Waals surface area contributed by atoms with E-state index >= 15 is 0 Å². The van der Waals surface area contributed by atoms with E-state index in [-0.39, 0.29) is 0 Å². The van der Waals surface area contributed by atoms with Crippen molar-refractivity contribution < 1.29 is 0 Å². The van der Waals surface area contributed by atoms with Crippen LogP contribution in [-0.2, 0) is 0 Å². The minimum absolute atomic E-state index is 0.338. The second-order valence-electron chi connectivity index (χ2n) is 7.97. The van der Waals surface area contributed by atoms with Gasteiger partial charge >= 0.3 is 0 Å². The maximum atomic E-state index is 6.45. The molecule has 2 heteroatoms. The molecular formula is C15H30N2. The molecule has 0 aromatic heterocycles. The minimum atomic E-state index is 0.338. The fraction of sp³-hybridized carbons (Fsp3) is 1.00. The highest BCUT2D eigenvalue weighted by Crippen LogP contribution is 2.42. The lowest BCUT2D eigenvalue weighted by atomic mass is 9.80. The third kappa shape index (κ3) is 2.53. The van der Waals surface area contributed by atoms with Gasteiger partial charge in [0.2, 0.25) is 0 Å². The maximum Gasteiger partial charge on any atom is 0.0252 e. The number of hydrogen-bond donors (Lipinski definition) is 1. The van der Waals surface area contributed by atoms with E-state index in [0.29, 0.717) is 22.9 Å². The Morgan fingerprint density at radius 2 is 1.82 bits per heavy atom. The molecule has 1 heterocycles. The highest BCUT2D eigenvalue weighted by atomic mass is 15.2. The molecule has 3 atom stereocenters. The summed E-state index contributed by atoms with van der Waals surface area (Å²) < 4.78 is 0. The van der Waals surface area contributed by atoms with E-state index < -0.39 is 0 Å². The van der Waals surface area contributed by atoms with Gasteiger partial charge in [0.15, 0.2) is 0 Å². The van der Waals surface area contributed by atoms with Gasteiger partial charge < -0.3 is 5.73 Å². The van der Waals surface area contributed by atoms with Gasteiger partial charge in [0.1, 0.15) is 0 Å². The van der Waals surface area contributed by atoms with Crippen LogP contribution in [0, 0.1) is 16.7 Å². The molecule has 0 bridgehead atoms. The standard InChI is InChI=1S/C15H30N2/c1-14(2,3)11-7-9-17(10-11)12-6-8-15(4,5)13(12)16/h11-13H,6-10,16H2,1-5H3. The maximum absolute atomic E-state index is 6.45. The van der Waals surface area contributed by atoms with Gasteiger partial charge in [-0.25, -0.2) is 0 Å². The first-order valence-corrected chi connectivity index (χ1v) is 7.21. The summed E-state index contributed by atoms with van der Waals surface area (Å²) in [5.74, 6) is 0.846. The van der Waals surface area contributed by atoms with Crippen molar-refractivity contribution in [2.45, 2.75) is 66.0 Å². The first-order valence-electron chi connectivity index (χ1n) is 7.21. The Morgan fingerprint density at radius 3 is 2.24 bits per heavy atom.